The summed E-state index contributed by atoms with van der Waals surface area (Å²) in [6, 6.07) is 7.06. The Morgan fingerprint density at radius 1 is 1.35 bits per heavy atom. The number of likely N-dealkylation sites (tertiary alicyclic amines) is 1. The van der Waals surface area contributed by atoms with E-state index < -0.39 is 6.09 Å². The number of halogens is 1. The Morgan fingerprint density at radius 3 is 2.87 bits per heavy atom. The van der Waals surface area contributed by atoms with Gasteiger partial charge in [0.05, 0.1) is 7.11 Å². The van der Waals surface area contributed by atoms with Gasteiger partial charge in [0, 0.05) is 29.7 Å². The fourth-order valence-electron chi connectivity index (χ4n) is 2.52. The number of methoxy groups -OCH3 is 1. The predicted octanol–water partition coefficient (Wildman–Crippen LogP) is 3.19. The number of hydrogen-bond donors (Lipinski definition) is 1. The zero-order chi connectivity index (χ0) is 16.7. The molecule has 0 bridgehead atoms. The molecule has 2 rings (SSSR count). The monoisotopic (exact) mass is 340 g/mol. The summed E-state index contributed by atoms with van der Waals surface area (Å²) in [7, 11) is 1.35. The first-order valence-electron chi connectivity index (χ1n) is 7.59. The lowest BCUT2D eigenvalue weighted by atomic mass is 10.1. The molecule has 1 aliphatic heterocycles. The number of benzene rings is 1. The van der Waals surface area contributed by atoms with E-state index in [0.29, 0.717) is 18.1 Å². The second-order valence-corrected chi connectivity index (χ2v) is 5.83. The molecule has 0 spiro atoms. The third-order valence-corrected chi connectivity index (χ3v) is 4.11. The van der Waals surface area contributed by atoms with Crippen LogP contribution in [-0.2, 0) is 16.1 Å². The standard InChI is InChI=1S/C16H21ClN2O4/c1-22-16(21)19-9-5-4-7-13(10-19)18-15(20)23-11-12-6-2-3-8-14(12)17/h2-3,6,8,13H,4-5,7,9-11H2,1H3,(H,18,20). The van der Waals surface area contributed by atoms with Gasteiger partial charge in [0.2, 0.25) is 0 Å². The molecule has 7 heteroatoms. The van der Waals surface area contributed by atoms with Crippen LogP contribution in [0.2, 0.25) is 5.02 Å². The van der Waals surface area contributed by atoms with E-state index in [-0.39, 0.29) is 18.7 Å². The predicted molar refractivity (Wildman–Crippen MR) is 86.4 cm³/mol. The number of nitrogens with zero attached hydrogens (tertiary/aromatic N) is 1. The van der Waals surface area contributed by atoms with Gasteiger partial charge in [-0.25, -0.2) is 9.59 Å². The van der Waals surface area contributed by atoms with Gasteiger partial charge in [0.15, 0.2) is 0 Å². The summed E-state index contributed by atoms with van der Waals surface area (Å²) in [5, 5.41) is 3.37. The van der Waals surface area contributed by atoms with Gasteiger partial charge in [-0.2, -0.15) is 0 Å². The summed E-state index contributed by atoms with van der Waals surface area (Å²) in [5.74, 6) is 0. The van der Waals surface area contributed by atoms with Crippen molar-refractivity contribution in [3.63, 3.8) is 0 Å². The zero-order valence-electron chi connectivity index (χ0n) is 13.1. The van der Waals surface area contributed by atoms with Crippen molar-refractivity contribution in [2.45, 2.75) is 31.9 Å². The summed E-state index contributed by atoms with van der Waals surface area (Å²) >= 11 is 6.02. The highest BCUT2D eigenvalue weighted by atomic mass is 35.5. The Labute approximate surface area is 140 Å². The molecule has 0 aliphatic carbocycles. The Balaban J connectivity index is 1.84. The Hall–Kier alpha value is -1.95. The summed E-state index contributed by atoms with van der Waals surface area (Å²) in [4.78, 5) is 25.2. The molecule has 1 heterocycles. The van der Waals surface area contributed by atoms with E-state index in [0.717, 1.165) is 24.8 Å². The fourth-order valence-corrected chi connectivity index (χ4v) is 2.71. The van der Waals surface area contributed by atoms with Crippen molar-refractivity contribution in [1.82, 2.24) is 10.2 Å². The van der Waals surface area contributed by atoms with Crippen molar-refractivity contribution >= 4 is 23.8 Å². The minimum atomic E-state index is -0.512. The highest BCUT2D eigenvalue weighted by molar-refractivity contribution is 6.31. The molecule has 0 aromatic heterocycles. The number of rotatable bonds is 3. The van der Waals surface area contributed by atoms with Crippen LogP contribution in [0.5, 0.6) is 0 Å². The molecule has 1 atom stereocenters. The van der Waals surface area contributed by atoms with Crippen LogP contribution >= 0.6 is 11.6 Å². The Morgan fingerprint density at radius 2 is 2.13 bits per heavy atom. The molecule has 6 nitrogen and oxygen atoms in total. The maximum absolute atomic E-state index is 11.9. The van der Waals surface area contributed by atoms with E-state index in [9.17, 15) is 9.59 Å². The number of carbonyl (C=O) groups is 2. The average Bonchev–Trinajstić information content (AvgIpc) is 2.79. The van der Waals surface area contributed by atoms with Gasteiger partial charge in [-0.3, -0.25) is 0 Å². The second kappa shape index (κ2) is 8.62. The number of alkyl carbamates (subject to hydrolysis) is 1. The van der Waals surface area contributed by atoms with Gasteiger partial charge in [-0.1, -0.05) is 29.8 Å². The molecule has 0 saturated carbocycles. The third-order valence-electron chi connectivity index (χ3n) is 3.74. The topological polar surface area (TPSA) is 67.9 Å². The van der Waals surface area contributed by atoms with Crippen LogP contribution in [0, 0.1) is 0 Å². The number of carbonyl (C=O) groups excluding carboxylic acids is 2. The van der Waals surface area contributed by atoms with Gasteiger partial charge < -0.3 is 19.7 Å². The number of hydrogen-bond acceptors (Lipinski definition) is 4. The van der Waals surface area contributed by atoms with Crippen molar-refractivity contribution in [2.75, 3.05) is 20.2 Å². The van der Waals surface area contributed by atoms with Crippen LogP contribution in [0.1, 0.15) is 24.8 Å². The highest BCUT2D eigenvalue weighted by Gasteiger charge is 2.24. The summed E-state index contributed by atoms with van der Waals surface area (Å²) < 4.78 is 9.95. The normalized spacial score (nSPS) is 18.0. The molecule has 1 unspecified atom stereocenters. The largest absolute Gasteiger partial charge is 0.453 e. The lowest BCUT2D eigenvalue weighted by Crippen LogP contribution is -2.44. The van der Waals surface area contributed by atoms with Crippen molar-refractivity contribution in [2.24, 2.45) is 0 Å². The average molecular weight is 341 g/mol. The van der Waals surface area contributed by atoms with E-state index >= 15 is 0 Å². The molecule has 1 aromatic carbocycles. The summed E-state index contributed by atoms with van der Waals surface area (Å²) in [6.07, 6.45) is 1.74. The van der Waals surface area contributed by atoms with Crippen molar-refractivity contribution < 1.29 is 19.1 Å². The molecule has 126 valence electrons. The number of ether oxygens (including phenoxy) is 2. The van der Waals surface area contributed by atoms with Crippen molar-refractivity contribution in [3.8, 4) is 0 Å². The smallest absolute Gasteiger partial charge is 0.409 e. The minimum Gasteiger partial charge on any atom is -0.453 e. The molecule has 1 saturated heterocycles. The second-order valence-electron chi connectivity index (χ2n) is 5.42. The lowest BCUT2D eigenvalue weighted by Gasteiger charge is -2.23. The Kier molecular flexibility index (Phi) is 6.52. The first-order chi connectivity index (χ1) is 11.1. The molecule has 2 amide bonds. The van der Waals surface area contributed by atoms with Crippen LogP contribution in [-0.4, -0.2) is 43.3 Å². The van der Waals surface area contributed by atoms with E-state index in [1.54, 1.807) is 17.0 Å². The van der Waals surface area contributed by atoms with Crippen LogP contribution in [0.4, 0.5) is 9.59 Å². The zero-order valence-corrected chi connectivity index (χ0v) is 13.8. The molecule has 1 aliphatic rings. The molecular weight excluding hydrogens is 320 g/mol. The SMILES string of the molecule is COC(=O)N1CCCCC(NC(=O)OCc2ccccc2Cl)C1. The number of nitrogens with one attached hydrogen (secondary N) is 1. The molecule has 1 fully saturated rings. The molecule has 1 aromatic rings. The maximum Gasteiger partial charge on any atom is 0.409 e. The highest BCUT2D eigenvalue weighted by Crippen LogP contribution is 2.16. The maximum atomic E-state index is 11.9. The van der Waals surface area contributed by atoms with Crippen molar-refractivity contribution in [3.05, 3.63) is 34.9 Å². The van der Waals surface area contributed by atoms with Gasteiger partial charge in [-0.05, 0) is 25.3 Å². The van der Waals surface area contributed by atoms with Gasteiger partial charge >= 0.3 is 12.2 Å². The molecule has 23 heavy (non-hydrogen) atoms. The first-order valence-corrected chi connectivity index (χ1v) is 7.97. The molecule has 1 N–H and O–H groups in total. The van der Waals surface area contributed by atoms with Gasteiger partial charge in [0.1, 0.15) is 6.61 Å². The van der Waals surface area contributed by atoms with E-state index in [1.165, 1.54) is 7.11 Å². The fraction of sp³-hybridized carbons (Fsp3) is 0.500. The van der Waals surface area contributed by atoms with E-state index in [2.05, 4.69) is 5.32 Å². The first kappa shape index (κ1) is 17.4. The minimum absolute atomic E-state index is 0.110. The Bertz CT molecular complexity index is 553. The number of amides is 2. The van der Waals surface area contributed by atoms with E-state index in [4.69, 9.17) is 21.1 Å². The van der Waals surface area contributed by atoms with Crippen LogP contribution in [0.25, 0.3) is 0 Å². The molecule has 0 radical (unpaired) electrons. The summed E-state index contributed by atoms with van der Waals surface area (Å²) in [6.45, 7) is 1.17. The van der Waals surface area contributed by atoms with Crippen LogP contribution in [0.15, 0.2) is 24.3 Å². The summed E-state index contributed by atoms with van der Waals surface area (Å²) in [5.41, 5.74) is 0.751. The van der Waals surface area contributed by atoms with Gasteiger partial charge in [0.25, 0.3) is 0 Å². The molecular formula is C16H21ClN2O4. The van der Waals surface area contributed by atoms with E-state index in [1.807, 2.05) is 12.1 Å². The third kappa shape index (κ3) is 5.32. The van der Waals surface area contributed by atoms with Crippen molar-refractivity contribution in [1.29, 1.82) is 0 Å². The lowest BCUT2D eigenvalue weighted by molar-refractivity contribution is 0.115. The quantitative estimate of drug-likeness (QED) is 0.917. The van der Waals surface area contributed by atoms with Crippen LogP contribution in [0.3, 0.4) is 0 Å². The van der Waals surface area contributed by atoms with Gasteiger partial charge in [-0.15, -0.1) is 0 Å². The van der Waals surface area contributed by atoms with Crippen LogP contribution < -0.4 is 5.32 Å².